The van der Waals surface area contributed by atoms with Gasteiger partial charge in [0, 0.05) is 31.7 Å². The number of hydrogen-bond donors (Lipinski definition) is 1. The molecule has 1 N–H and O–H groups in total. The molecule has 1 saturated heterocycles. The van der Waals surface area contributed by atoms with Gasteiger partial charge in [0.2, 0.25) is 11.9 Å². The number of rotatable bonds is 5. The Balaban J connectivity index is 1.21. The van der Waals surface area contributed by atoms with Gasteiger partial charge in [0.15, 0.2) is 0 Å². The number of thiazole rings is 1. The van der Waals surface area contributed by atoms with Gasteiger partial charge in [-0.15, -0.1) is 11.3 Å². The third-order valence-electron chi connectivity index (χ3n) is 5.73. The predicted molar refractivity (Wildman–Crippen MR) is 121 cm³/mol. The number of aryl methyl sites for hydroxylation is 2. The molecule has 8 heteroatoms. The van der Waals surface area contributed by atoms with Crippen LogP contribution in [0.4, 0.5) is 5.95 Å². The summed E-state index contributed by atoms with van der Waals surface area (Å²) < 4.78 is 5.54. The lowest BCUT2D eigenvalue weighted by molar-refractivity contribution is -0.121. The second-order valence-electron chi connectivity index (χ2n) is 8.11. The van der Waals surface area contributed by atoms with Gasteiger partial charge < -0.3 is 15.0 Å². The van der Waals surface area contributed by atoms with Crippen LogP contribution in [0.2, 0.25) is 0 Å². The summed E-state index contributed by atoms with van der Waals surface area (Å²) >= 11 is 1.65. The molecule has 1 atom stereocenters. The van der Waals surface area contributed by atoms with Gasteiger partial charge in [0.05, 0.1) is 34.3 Å². The highest BCUT2D eigenvalue weighted by Gasteiger charge is 2.26. The van der Waals surface area contributed by atoms with E-state index in [1.54, 1.807) is 17.5 Å². The van der Waals surface area contributed by atoms with E-state index in [1.165, 1.54) is 5.56 Å². The highest BCUT2D eigenvalue weighted by molar-refractivity contribution is 7.15. The summed E-state index contributed by atoms with van der Waals surface area (Å²) in [6.45, 7) is 6.29. The van der Waals surface area contributed by atoms with Crippen LogP contribution in [-0.2, 0) is 17.6 Å². The number of anilines is 1. The molecule has 31 heavy (non-hydrogen) atoms. The molecule has 2 aliphatic heterocycles. The molecule has 1 amide bonds. The Morgan fingerprint density at radius 1 is 1.29 bits per heavy atom. The average Bonchev–Trinajstić information content (AvgIpc) is 3.48. The molecule has 1 aromatic carbocycles. The largest absolute Gasteiger partial charge is 0.493 e. The predicted octanol–water partition coefficient (Wildman–Crippen LogP) is 3.09. The number of carbonyl (C=O) groups is 1. The van der Waals surface area contributed by atoms with Gasteiger partial charge in [-0.3, -0.25) is 4.79 Å². The standard InChI is InChI=1S/C23H25N5O2S/c1-14-22(31-15(2)25-14)19-5-8-24-23(27-19)28-9-6-18(13-28)26-21(29)12-16-3-4-20-17(11-16)7-10-30-20/h3-5,8,11,18H,6-7,9-10,12-13H2,1-2H3,(H,26,29). The van der Waals surface area contributed by atoms with E-state index < -0.39 is 0 Å². The lowest BCUT2D eigenvalue weighted by Gasteiger charge is -2.17. The molecule has 7 nitrogen and oxygen atoms in total. The summed E-state index contributed by atoms with van der Waals surface area (Å²) in [7, 11) is 0. The third-order valence-corrected chi connectivity index (χ3v) is 6.83. The van der Waals surface area contributed by atoms with Gasteiger partial charge in [-0.05, 0) is 43.5 Å². The van der Waals surface area contributed by atoms with E-state index in [0.717, 1.165) is 58.6 Å². The number of amides is 1. The molecule has 0 radical (unpaired) electrons. The monoisotopic (exact) mass is 435 g/mol. The van der Waals surface area contributed by atoms with Crippen molar-refractivity contribution in [2.45, 2.75) is 39.2 Å². The van der Waals surface area contributed by atoms with Crippen LogP contribution in [0.5, 0.6) is 5.75 Å². The number of ether oxygens (including phenoxy) is 1. The SMILES string of the molecule is Cc1nc(C)c(-c2ccnc(N3CCC(NC(=O)Cc4ccc5c(c4)CCO5)C3)n2)s1. The lowest BCUT2D eigenvalue weighted by Crippen LogP contribution is -2.38. The van der Waals surface area contributed by atoms with Crippen molar-refractivity contribution in [2.75, 3.05) is 24.6 Å². The summed E-state index contributed by atoms with van der Waals surface area (Å²) in [6.07, 6.45) is 3.99. The maximum absolute atomic E-state index is 12.6. The van der Waals surface area contributed by atoms with Crippen LogP contribution in [0, 0.1) is 13.8 Å². The molecule has 0 saturated carbocycles. The van der Waals surface area contributed by atoms with E-state index in [4.69, 9.17) is 9.72 Å². The second kappa shape index (κ2) is 8.26. The molecule has 0 spiro atoms. The van der Waals surface area contributed by atoms with Crippen molar-refractivity contribution in [1.29, 1.82) is 0 Å². The van der Waals surface area contributed by atoms with Crippen molar-refractivity contribution in [3.63, 3.8) is 0 Å². The molecule has 0 aliphatic carbocycles. The second-order valence-corrected chi connectivity index (χ2v) is 9.31. The fourth-order valence-electron chi connectivity index (χ4n) is 4.27. The van der Waals surface area contributed by atoms with Crippen LogP contribution in [0.1, 0.15) is 28.2 Å². The van der Waals surface area contributed by atoms with E-state index >= 15 is 0 Å². The Labute approximate surface area is 185 Å². The van der Waals surface area contributed by atoms with Gasteiger partial charge in [0.25, 0.3) is 0 Å². The number of benzene rings is 1. The minimum atomic E-state index is 0.0520. The molecule has 160 valence electrons. The highest BCUT2D eigenvalue weighted by Crippen LogP contribution is 2.29. The molecule has 2 aromatic heterocycles. The maximum Gasteiger partial charge on any atom is 0.225 e. The Bertz CT molecular complexity index is 1130. The van der Waals surface area contributed by atoms with Crippen LogP contribution >= 0.6 is 11.3 Å². The first kappa shape index (κ1) is 19.9. The number of carbonyl (C=O) groups excluding carboxylic acids is 1. The number of aromatic nitrogens is 3. The van der Waals surface area contributed by atoms with E-state index in [9.17, 15) is 4.79 Å². The Kier molecular flexibility index (Phi) is 5.31. The zero-order valence-corrected chi connectivity index (χ0v) is 18.5. The van der Waals surface area contributed by atoms with Gasteiger partial charge in [-0.25, -0.2) is 15.0 Å². The average molecular weight is 436 g/mol. The zero-order chi connectivity index (χ0) is 21.4. The van der Waals surface area contributed by atoms with Gasteiger partial charge in [-0.1, -0.05) is 12.1 Å². The summed E-state index contributed by atoms with van der Waals surface area (Å²) in [6, 6.07) is 8.07. The van der Waals surface area contributed by atoms with Crippen molar-refractivity contribution in [2.24, 2.45) is 0 Å². The highest BCUT2D eigenvalue weighted by atomic mass is 32.1. The van der Waals surface area contributed by atoms with Gasteiger partial charge in [-0.2, -0.15) is 0 Å². The van der Waals surface area contributed by atoms with E-state index in [-0.39, 0.29) is 11.9 Å². The first-order chi connectivity index (χ1) is 15.0. The van der Waals surface area contributed by atoms with Crippen LogP contribution < -0.4 is 15.0 Å². The maximum atomic E-state index is 12.6. The summed E-state index contributed by atoms with van der Waals surface area (Å²) in [5, 5.41) is 4.21. The van der Waals surface area contributed by atoms with E-state index in [2.05, 4.69) is 26.3 Å². The normalized spacial score (nSPS) is 17.5. The van der Waals surface area contributed by atoms with Crippen LogP contribution in [0.15, 0.2) is 30.5 Å². The molecule has 0 bridgehead atoms. The Morgan fingerprint density at radius 2 is 2.19 bits per heavy atom. The number of fused-ring (bicyclic) bond motifs is 1. The van der Waals surface area contributed by atoms with Crippen molar-refractivity contribution in [1.82, 2.24) is 20.3 Å². The molecule has 4 heterocycles. The quantitative estimate of drug-likeness (QED) is 0.663. The summed E-state index contributed by atoms with van der Waals surface area (Å²) in [5.74, 6) is 1.70. The lowest BCUT2D eigenvalue weighted by atomic mass is 10.1. The van der Waals surface area contributed by atoms with Crippen LogP contribution in [0.25, 0.3) is 10.6 Å². The molecular weight excluding hydrogens is 410 g/mol. The summed E-state index contributed by atoms with van der Waals surface area (Å²) in [5.41, 5.74) is 4.13. The topological polar surface area (TPSA) is 80.2 Å². The number of nitrogens with zero attached hydrogens (tertiary/aromatic N) is 4. The fraction of sp³-hybridized carbons (Fsp3) is 0.391. The van der Waals surface area contributed by atoms with Gasteiger partial charge >= 0.3 is 0 Å². The number of nitrogens with one attached hydrogen (secondary N) is 1. The first-order valence-electron chi connectivity index (χ1n) is 10.6. The van der Waals surface area contributed by atoms with Crippen molar-refractivity contribution in [3.05, 3.63) is 52.3 Å². The minimum Gasteiger partial charge on any atom is -0.493 e. The summed E-state index contributed by atoms with van der Waals surface area (Å²) in [4.78, 5) is 29.6. The molecule has 3 aromatic rings. The smallest absolute Gasteiger partial charge is 0.225 e. The van der Waals surface area contributed by atoms with Crippen molar-refractivity contribution < 1.29 is 9.53 Å². The third kappa shape index (κ3) is 4.25. The minimum absolute atomic E-state index is 0.0520. The number of hydrogen-bond acceptors (Lipinski definition) is 7. The molecular formula is C23H25N5O2S. The molecule has 1 unspecified atom stereocenters. The first-order valence-corrected chi connectivity index (χ1v) is 11.4. The van der Waals surface area contributed by atoms with Crippen LogP contribution in [0.3, 0.4) is 0 Å². The van der Waals surface area contributed by atoms with Crippen molar-refractivity contribution in [3.8, 4) is 16.3 Å². The van der Waals surface area contributed by atoms with E-state index in [0.29, 0.717) is 18.9 Å². The Hall–Kier alpha value is -3.00. The zero-order valence-electron chi connectivity index (χ0n) is 17.7. The molecule has 2 aliphatic rings. The molecule has 1 fully saturated rings. The molecule has 5 rings (SSSR count). The van der Waals surface area contributed by atoms with Gasteiger partial charge in [0.1, 0.15) is 5.75 Å². The Morgan fingerprint density at radius 3 is 3.03 bits per heavy atom. The van der Waals surface area contributed by atoms with Crippen molar-refractivity contribution >= 4 is 23.2 Å². The van der Waals surface area contributed by atoms with Crippen LogP contribution in [-0.4, -0.2) is 46.6 Å². The fourth-order valence-corrected chi connectivity index (χ4v) is 5.16. The van der Waals surface area contributed by atoms with E-state index in [1.807, 2.05) is 32.0 Å².